The van der Waals surface area contributed by atoms with Crippen molar-refractivity contribution in [2.24, 2.45) is 56.7 Å². The highest BCUT2D eigenvalue weighted by molar-refractivity contribution is 6.07. The topological polar surface area (TPSA) is 60.4 Å². The number of allylic oxidation sites excluding steroid dienone is 2. The fraction of sp³-hybridized carbons (Fsp3) is 0.872. The SMILES string of the molecule is CC(=O)O[C@H]1CC[C@]2(C)[C@H]3CC[C@@H]4C5=C(C(C)C)C(=O)C[C@]5(C(=O)CC5CCCCC5)CC[C@@]4(C)[C@]3(C)CC[C@H]2C1(C)C. The molecule has 0 heterocycles. The van der Waals surface area contributed by atoms with Crippen LogP contribution in [-0.4, -0.2) is 23.6 Å². The molecule has 6 aliphatic carbocycles. The zero-order chi connectivity index (χ0) is 31.2. The standard InChI is InChI=1S/C39H60O4/c1-24(2)33-28(41)23-39(31(42)22-26-12-10-9-11-13-26)21-20-37(7)27(34(33)39)14-15-30-36(6)18-17-32(43-25(3)40)35(4,5)29(36)16-19-38(30,37)8/h24,26-27,29-30,32H,9-23H2,1-8H3/t27-,29+,30-,32+,36+,37-,38-,39+/m1/s1. The molecule has 0 saturated heterocycles. The van der Waals surface area contributed by atoms with Gasteiger partial charge in [-0.25, -0.2) is 0 Å². The molecule has 240 valence electrons. The summed E-state index contributed by atoms with van der Waals surface area (Å²) in [5, 5.41) is 0. The Bertz CT molecular complexity index is 1200. The smallest absolute Gasteiger partial charge is 0.302 e. The molecule has 0 radical (unpaired) electrons. The highest BCUT2D eigenvalue weighted by Gasteiger charge is 2.70. The molecule has 0 N–H and O–H groups in total. The number of Topliss-reactive ketones (excluding diaryl/α,β-unsaturated/α-hetero) is 2. The van der Waals surface area contributed by atoms with Gasteiger partial charge < -0.3 is 4.74 Å². The number of ether oxygens (including phenoxy) is 1. The molecule has 43 heavy (non-hydrogen) atoms. The summed E-state index contributed by atoms with van der Waals surface area (Å²) in [4.78, 5) is 40.4. The second-order valence-corrected chi connectivity index (χ2v) is 17.9. The van der Waals surface area contributed by atoms with E-state index in [-0.39, 0.29) is 45.4 Å². The van der Waals surface area contributed by atoms with E-state index < -0.39 is 5.41 Å². The average Bonchev–Trinajstić information content (AvgIpc) is 3.24. The van der Waals surface area contributed by atoms with E-state index in [2.05, 4.69) is 48.5 Å². The lowest BCUT2D eigenvalue weighted by Gasteiger charge is -2.72. The van der Waals surface area contributed by atoms with Gasteiger partial charge >= 0.3 is 5.97 Å². The lowest BCUT2D eigenvalue weighted by molar-refractivity contribution is -0.232. The van der Waals surface area contributed by atoms with E-state index >= 15 is 0 Å². The summed E-state index contributed by atoms with van der Waals surface area (Å²) < 4.78 is 5.94. The summed E-state index contributed by atoms with van der Waals surface area (Å²) >= 11 is 0. The Morgan fingerprint density at radius 2 is 1.51 bits per heavy atom. The van der Waals surface area contributed by atoms with E-state index in [1.165, 1.54) is 50.5 Å². The Morgan fingerprint density at radius 3 is 2.16 bits per heavy atom. The maximum Gasteiger partial charge on any atom is 0.302 e. The van der Waals surface area contributed by atoms with Gasteiger partial charge in [0, 0.05) is 25.2 Å². The van der Waals surface area contributed by atoms with Crippen molar-refractivity contribution in [3.8, 4) is 0 Å². The van der Waals surface area contributed by atoms with Crippen molar-refractivity contribution in [2.75, 3.05) is 0 Å². The van der Waals surface area contributed by atoms with E-state index in [1.807, 2.05) is 0 Å². The first-order valence-electron chi connectivity index (χ1n) is 18.1. The van der Waals surface area contributed by atoms with Gasteiger partial charge in [-0.05, 0) is 108 Å². The Balaban J connectivity index is 1.36. The number of rotatable bonds is 5. The van der Waals surface area contributed by atoms with Gasteiger partial charge in [0.25, 0.3) is 0 Å². The Hall–Kier alpha value is -1.45. The van der Waals surface area contributed by atoms with Gasteiger partial charge in [0.05, 0.1) is 5.41 Å². The molecule has 0 aromatic heterocycles. The fourth-order valence-electron chi connectivity index (χ4n) is 13.2. The maximum atomic E-state index is 14.5. The number of hydrogen-bond acceptors (Lipinski definition) is 4. The molecule has 0 aromatic rings. The fourth-order valence-corrected chi connectivity index (χ4v) is 13.2. The summed E-state index contributed by atoms with van der Waals surface area (Å²) in [5.41, 5.74) is 2.22. The molecule has 4 nitrogen and oxygen atoms in total. The van der Waals surface area contributed by atoms with Crippen LogP contribution < -0.4 is 0 Å². The Labute approximate surface area is 261 Å². The largest absolute Gasteiger partial charge is 0.462 e. The summed E-state index contributed by atoms with van der Waals surface area (Å²) in [6.45, 7) is 18.4. The first-order chi connectivity index (χ1) is 20.1. The molecule has 0 amide bonds. The molecule has 8 atom stereocenters. The van der Waals surface area contributed by atoms with Gasteiger partial charge in [0.2, 0.25) is 0 Å². The minimum Gasteiger partial charge on any atom is -0.462 e. The minimum atomic E-state index is -0.535. The van der Waals surface area contributed by atoms with Crippen LogP contribution >= 0.6 is 0 Å². The molecule has 0 bridgehead atoms. The highest BCUT2D eigenvalue weighted by Crippen LogP contribution is 2.77. The van der Waals surface area contributed by atoms with Gasteiger partial charge in [0.1, 0.15) is 11.9 Å². The van der Waals surface area contributed by atoms with E-state index in [0.717, 1.165) is 44.1 Å². The van der Waals surface area contributed by atoms with Crippen LogP contribution in [0.25, 0.3) is 0 Å². The lowest BCUT2D eigenvalue weighted by atomic mass is 9.33. The first kappa shape index (κ1) is 31.5. The van der Waals surface area contributed by atoms with Crippen molar-refractivity contribution in [1.82, 2.24) is 0 Å². The van der Waals surface area contributed by atoms with Crippen LogP contribution in [0.3, 0.4) is 0 Å². The molecule has 4 heteroatoms. The molecular formula is C39H60O4. The zero-order valence-electron chi connectivity index (χ0n) is 28.7. The molecule has 6 rings (SSSR count). The van der Waals surface area contributed by atoms with Crippen molar-refractivity contribution in [3.05, 3.63) is 11.1 Å². The number of ketones is 2. The maximum absolute atomic E-state index is 14.5. The van der Waals surface area contributed by atoms with Gasteiger partial charge in [0.15, 0.2) is 5.78 Å². The zero-order valence-corrected chi connectivity index (χ0v) is 28.7. The van der Waals surface area contributed by atoms with E-state index in [9.17, 15) is 14.4 Å². The molecule has 0 aromatic carbocycles. The monoisotopic (exact) mass is 592 g/mol. The van der Waals surface area contributed by atoms with Crippen LogP contribution in [0.2, 0.25) is 0 Å². The number of esters is 1. The summed E-state index contributed by atoms with van der Waals surface area (Å²) in [7, 11) is 0. The van der Waals surface area contributed by atoms with Crippen LogP contribution in [0.5, 0.6) is 0 Å². The van der Waals surface area contributed by atoms with Crippen LogP contribution in [0.1, 0.15) is 152 Å². The predicted octanol–water partition coefficient (Wildman–Crippen LogP) is 9.44. The summed E-state index contributed by atoms with van der Waals surface area (Å²) in [6, 6.07) is 0. The Morgan fingerprint density at radius 1 is 0.814 bits per heavy atom. The third-order valence-electron chi connectivity index (χ3n) is 15.4. The first-order valence-corrected chi connectivity index (χ1v) is 18.1. The number of carbonyl (C=O) groups excluding carboxylic acids is 3. The van der Waals surface area contributed by atoms with Gasteiger partial charge in [-0.3, -0.25) is 14.4 Å². The van der Waals surface area contributed by atoms with Crippen LogP contribution in [0.4, 0.5) is 0 Å². The Kier molecular flexibility index (Phi) is 7.73. The van der Waals surface area contributed by atoms with Crippen LogP contribution in [0, 0.1) is 56.7 Å². The van der Waals surface area contributed by atoms with Gasteiger partial charge in [-0.15, -0.1) is 0 Å². The number of fused-ring (bicyclic) bond motifs is 7. The quantitative estimate of drug-likeness (QED) is 0.298. The van der Waals surface area contributed by atoms with Gasteiger partial charge in [-0.1, -0.05) is 80.6 Å². The van der Waals surface area contributed by atoms with E-state index in [1.54, 1.807) is 6.92 Å². The minimum absolute atomic E-state index is 0.00640. The highest BCUT2D eigenvalue weighted by atomic mass is 16.5. The number of carbonyl (C=O) groups is 3. The number of hydrogen-bond donors (Lipinski definition) is 0. The molecule has 0 unspecified atom stereocenters. The van der Waals surface area contributed by atoms with Crippen molar-refractivity contribution in [1.29, 1.82) is 0 Å². The van der Waals surface area contributed by atoms with Crippen LogP contribution in [0.15, 0.2) is 11.1 Å². The lowest BCUT2D eigenvalue weighted by Crippen LogP contribution is -2.66. The van der Waals surface area contributed by atoms with Crippen molar-refractivity contribution in [2.45, 2.75) is 158 Å². The van der Waals surface area contributed by atoms with E-state index in [0.29, 0.717) is 42.3 Å². The molecule has 0 aliphatic heterocycles. The van der Waals surface area contributed by atoms with Crippen molar-refractivity contribution >= 4 is 17.5 Å². The van der Waals surface area contributed by atoms with Crippen LogP contribution in [-0.2, 0) is 19.1 Å². The summed E-state index contributed by atoms with van der Waals surface area (Å²) in [5.74, 6) is 2.67. The van der Waals surface area contributed by atoms with Gasteiger partial charge in [-0.2, -0.15) is 0 Å². The second-order valence-electron chi connectivity index (χ2n) is 17.9. The van der Waals surface area contributed by atoms with Crippen molar-refractivity contribution < 1.29 is 19.1 Å². The third-order valence-corrected chi connectivity index (χ3v) is 15.4. The summed E-state index contributed by atoms with van der Waals surface area (Å²) in [6.07, 6.45) is 15.9. The normalized spacial score (nSPS) is 44.3. The van der Waals surface area contributed by atoms with Crippen molar-refractivity contribution in [3.63, 3.8) is 0 Å². The predicted molar refractivity (Wildman–Crippen MR) is 171 cm³/mol. The molecule has 0 spiro atoms. The molecular weight excluding hydrogens is 532 g/mol. The second kappa shape index (κ2) is 10.5. The molecule has 6 aliphatic rings. The average molecular weight is 593 g/mol. The third kappa shape index (κ3) is 4.44. The molecule has 5 fully saturated rings. The molecule has 5 saturated carbocycles. The van der Waals surface area contributed by atoms with E-state index in [4.69, 9.17) is 4.74 Å².